The number of ether oxygens (including phenoxy) is 1. The highest BCUT2D eigenvalue weighted by molar-refractivity contribution is 5.58. The Labute approximate surface area is 123 Å². The lowest BCUT2D eigenvalue weighted by Gasteiger charge is -2.21. The number of nitrogens with zero attached hydrogens (tertiary/aromatic N) is 2. The molecule has 0 fully saturated rings. The molecule has 0 saturated carbocycles. The zero-order valence-electron chi connectivity index (χ0n) is 12.7. The average molecular weight is 293 g/mol. The Morgan fingerprint density at radius 3 is 2.81 bits per heavy atom. The van der Waals surface area contributed by atoms with E-state index in [1.807, 2.05) is 20.8 Å². The molecule has 2 rings (SSSR count). The highest BCUT2D eigenvalue weighted by atomic mass is 19.1. The number of nitrogens with two attached hydrogens (primary N) is 1. The molecule has 0 aliphatic carbocycles. The van der Waals surface area contributed by atoms with Gasteiger partial charge in [-0.05, 0) is 45.4 Å². The van der Waals surface area contributed by atoms with E-state index in [-0.39, 0.29) is 24.4 Å². The van der Waals surface area contributed by atoms with Crippen LogP contribution in [0, 0.1) is 12.7 Å². The number of rotatable bonds is 5. The standard InChI is InChI=1S/C15H20FN3O2/c1-9(2)20-8-15(4,17)14-18-13(21-19-14)12-7-11(16)6-5-10(12)3/h5-7,9H,8,17H2,1-4H3. The van der Waals surface area contributed by atoms with E-state index in [4.69, 9.17) is 15.0 Å². The molecule has 1 aromatic carbocycles. The molecule has 0 radical (unpaired) electrons. The first-order chi connectivity index (χ1) is 9.79. The van der Waals surface area contributed by atoms with Gasteiger partial charge in [-0.25, -0.2) is 4.39 Å². The van der Waals surface area contributed by atoms with Crippen LogP contribution in [0.1, 0.15) is 32.2 Å². The van der Waals surface area contributed by atoms with E-state index >= 15 is 0 Å². The third-order valence-corrected chi connectivity index (χ3v) is 3.08. The normalized spacial score (nSPS) is 14.4. The maximum atomic E-state index is 13.3. The summed E-state index contributed by atoms with van der Waals surface area (Å²) in [5.74, 6) is 0.235. The van der Waals surface area contributed by atoms with Crippen LogP contribution in [-0.2, 0) is 10.3 Å². The third kappa shape index (κ3) is 3.65. The van der Waals surface area contributed by atoms with Crippen molar-refractivity contribution in [2.24, 2.45) is 5.73 Å². The molecule has 1 heterocycles. The second-order valence-electron chi connectivity index (χ2n) is 5.66. The van der Waals surface area contributed by atoms with Gasteiger partial charge in [-0.3, -0.25) is 0 Å². The molecule has 21 heavy (non-hydrogen) atoms. The fourth-order valence-corrected chi connectivity index (χ4v) is 1.79. The summed E-state index contributed by atoms with van der Waals surface area (Å²) in [6.45, 7) is 7.73. The van der Waals surface area contributed by atoms with Gasteiger partial charge in [0.2, 0.25) is 0 Å². The Kier molecular flexibility index (Phi) is 4.39. The molecule has 0 amide bonds. The second kappa shape index (κ2) is 5.91. The molecule has 0 spiro atoms. The van der Waals surface area contributed by atoms with Crippen LogP contribution in [0.25, 0.3) is 11.5 Å². The molecule has 0 aliphatic heterocycles. The fourth-order valence-electron chi connectivity index (χ4n) is 1.79. The van der Waals surface area contributed by atoms with Gasteiger partial charge in [0.25, 0.3) is 5.89 Å². The van der Waals surface area contributed by atoms with Crippen molar-refractivity contribution in [3.05, 3.63) is 35.4 Å². The molecule has 114 valence electrons. The third-order valence-electron chi connectivity index (χ3n) is 3.08. The van der Waals surface area contributed by atoms with E-state index in [9.17, 15) is 4.39 Å². The van der Waals surface area contributed by atoms with Gasteiger partial charge in [0.15, 0.2) is 5.82 Å². The summed E-state index contributed by atoms with van der Waals surface area (Å²) in [5, 5.41) is 3.90. The largest absolute Gasteiger partial charge is 0.376 e. The minimum Gasteiger partial charge on any atom is -0.376 e. The number of aryl methyl sites for hydroxylation is 1. The lowest BCUT2D eigenvalue weighted by Crippen LogP contribution is -2.40. The second-order valence-corrected chi connectivity index (χ2v) is 5.66. The highest BCUT2D eigenvalue weighted by Crippen LogP contribution is 2.25. The number of benzene rings is 1. The van der Waals surface area contributed by atoms with Gasteiger partial charge >= 0.3 is 0 Å². The predicted octanol–water partition coefficient (Wildman–Crippen LogP) is 2.78. The topological polar surface area (TPSA) is 74.2 Å². The minimum atomic E-state index is -0.868. The van der Waals surface area contributed by atoms with Crippen LogP contribution in [0.3, 0.4) is 0 Å². The summed E-state index contributed by atoms with van der Waals surface area (Å²) >= 11 is 0. The van der Waals surface area contributed by atoms with E-state index in [1.165, 1.54) is 12.1 Å². The Morgan fingerprint density at radius 1 is 1.43 bits per heavy atom. The zero-order valence-corrected chi connectivity index (χ0v) is 12.7. The molecule has 1 unspecified atom stereocenters. The van der Waals surface area contributed by atoms with Gasteiger partial charge in [0.1, 0.15) is 11.4 Å². The molecule has 2 N–H and O–H groups in total. The maximum Gasteiger partial charge on any atom is 0.258 e. The summed E-state index contributed by atoms with van der Waals surface area (Å²) < 4.78 is 24.1. The monoisotopic (exact) mass is 293 g/mol. The van der Waals surface area contributed by atoms with Crippen molar-refractivity contribution < 1.29 is 13.7 Å². The molecule has 0 bridgehead atoms. The van der Waals surface area contributed by atoms with Crippen molar-refractivity contribution in [3.63, 3.8) is 0 Å². The van der Waals surface area contributed by atoms with Crippen LogP contribution >= 0.6 is 0 Å². The number of hydrogen-bond acceptors (Lipinski definition) is 5. The van der Waals surface area contributed by atoms with E-state index in [1.54, 1.807) is 13.0 Å². The molecule has 0 aliphatic rings. The van der Waals surface area contributed by atoms with Crippen LogP contribution in [0.2, 0.25) is 0 Å². The van der Waals surface area contributed by atoms with Crippen molar-refractivity contribution >= 4 is 0 Å². The number of hydrogen-bond donors (Lipinski definition) is 1. The first-order valence-electron chi connectivity index (χ1n) is 6.81. The van der Waals surface area contributed by atoms with Crippen LogP contribution in [-0.4, -0.2) is 22.9 Å². The van der Waals surface area contributed by atoms with Crippen molar-refractivity contribution in [2.45, 2.75) is 39.3 Å². The van der Waals surface area contributed by atoms with Gasteiger partial charge in [-0.15, -0.1) is 0 Å². The number of halogens is 1. The lowest BCUT2D eigenvalue weighted by molar-refractivity contribution is 0.0410. The van der Waals surface area contributed by atoms with E-state index in [2.05, 4.69) is 10.1 Å². The lowest BCUT2D eigenvalue weighted by atomic mass is 10.0. The molecular formula is C15H20FN3O2. The molecule has 5 nitrogen and oxygen atoms in total. The van der Waals surface area contributed by atoms with Crippen molar-refractivity contribution in [1.82, 2.24) is 10.1 Å². The molecule has 2 aromatic rings. The van der Waals surface area contributed by atoms with Gasteiger partial charge in [0.05, 0.1) is 12.7 Å². The summed E-state index contributed by atoms with van der Waals surface area (Å²) in [5.41, 5.74) is 6.71. The van der Waals surface area contributed by atoms with Gasteiger partial charge in [0, 0.05) is 5.56 Å². The Bertz CT molecular complexity index is 623. The molecular weight excluding hydrogens is 273 g/mol. The molecule has 6 heteroatoms. The van der Waals surface area contributed by atoms with Crippen LogP contribution in [0.5, 0.6) is 0 Å². The van der Waals surface area contributed by atoms with Crippen LogP contribution in [0.4, 0.5) is 4.39 Å². The van der Waals surface area contributed by atoms with Gasteiger partial charge in [-0.2, -0.15) is 4.98 Å². The maximum absolute atomic E-state index is 13.3. The van der Waals surface area contributed by atoms with Crippen molar-refractivity contribution in [1.29, 1.82) is 0 Å². The van der Waals surface area contributed by atoms with Crippen molar-refractivity contribution in [2.75, 3.05) is 6.61 Å². The molecule has 1 aromatic heterocycles. The van der Waals surface area contributed by atoms with Gasteiger partial charge < -0.3 is 15.0 Å². The molecule has 0 saturated heterocycles. The van der Waals surface area contributed by atoms with Crippen molar-refractivity contribution in [3.8, 4) is 11.5 Å². The van der Waals surface area contributed by atoms with E-state index < -0.39 is 5.54 Å². The first kappa shape index (κ1) is 15.6. The van der Waals surface area contributed by atoms with Gasteiger partial charge in [-0.1, -0.05) is 11.2 Å². The first-order valence-corrected chi connectivity index (χ1v) is 6.81. The SMILES string of the molecule is Cc1ccc(F)cc1-c1nc(C(C)(N)COC(C)C)no1. The van der Waals surface area contributed by atoms with E-state index in [0.717, 1.165) is 5.56 Å². The number of aromatic nitrogens is 2. The fraction of sp³-hybridized carbons (Fsp3) is 0.467. The van der Waals surface area contributed by atoms with E-state index in [0.29, 0.717) is 11.4 Å². The smallest absolute Gasteiger partial charge is 0.258 e. The summed E-state index contributed by atoms with van der Waals surface area (Å²) in [4.78, 5) is 4.28. The molecule has 1 atom stereocenters. The quantitative estimate of drug-likeness (QED) is 0.917. The average Bonchev–Trinajstić information content (AvgIpc) is 2.90. The summed E-state index contributed by atoms with van der Waals surface area (Å²) in [6.07, 6.45) is 0.0599. The Balaban J connectivity index is 2.27. The van der Waals surface area contributed by atoms with Crippen LogP contribution < -0.4 is 5.73 Å². The Morgan fingerprint density at radius 2 is 2.14 bits per heavy atom. The zero-order chi connectivity index (χ0) is 15.6. The summed E-state index contributed by atoms with van der Waals surface area (Å²) in [6, 6.07) is 4.42. The Hall–Kier alpha value is -1.79. The highest BCUT2D eigenvalue weighted by Gasteiger charge is 2.29. The minimum absolute atomic E-state index is 0.0599. The van der Waals surface area contributed by atoms with Crippen LogP contribution in [0.15, 0.2) is 22.7 Å². The predicted molar refractivity (Wildman–Crippen MR) is 77.1 cm³/mol. The summed E-state index contributed by atoms with van der Waals surface area (Å²) in [7, 11) is 0.